The average molecular weight is 457 g/mol. The molecule has 3 aromatic carbocycles. The molecule has 3 aromatic rings. The minimum atomic E-state index is -0.438. The Morgan fingerprint density at radius 3 is 2.32 bits per heavy atom. The number of methoxy groups -OCH3 is 1. The number of imide groups is 1. The fourth-order valence-corrected chi connectivity index (χ4v) is 3.96. The van der Waals surface area contributed by atoms with Gasteiger partial charge in [-0.05, 0) is 48.7 Å². The molecule has 0 aromatic heterocycles. The summed E-state index contributed by atoms with van der Waals surface area (Å²) in [5, 5.41) is 3.21. The van der Waals surface area contributed by atoms with E-state index in [1.807, 2.05) is 43.3 Å². The van der Waals surface area contributed by atoms with Gasteiger partial charge in [-0.3, -0.25) is 9.59 Å². The Kier molecular flexibility index (Phi) is 6.68. The summed E-state index contributed by atoms with van der Waals surface area (Å²) in [4.78, 5) is 28.5. The van der Waals surface area contributed by atoms with E-state index in [1.165, 1.54) is 10.5 Å². The lowest BCUT2D eigenvalue weighted by molar-refractivity contribution is -0.120. The van der Waals surface area contributed by atoms with E-state index >= 15 is 0 Å². The van der Waals surface area contributed by atoms with Crippen molar-refractivity contribution in [1.29, 1.82) is 0 Å². The van der Waals surface area contributed by atoms with Crippen molar-refractivity contribution in [3.8, 4) is 11.5 Å². The van der Waals surface area contributed by atoms with Crippen LogP contribution in [0.3, 0.4) is 0 Å². The summed E-state index contributed by atoms with van der Waals surface area (Å²) in [6, 6.07) is 22.0. The second-order valence-electron chi connectivity index (χ2n) is 8.23. The molecule has 0 bridgehead atoms. The molecule has 0 spiro atoms. The average Bonchev–Trinajstić information content (AvgIpc) is 3.08. The maximum Gasteiger partial charge on any atom is 0.282 e. The molecule has 6 heteroatoms. The molecule has 1 heterocycles. The third kappa shape index (κ3) is 4.39. The minimum Gasteiger partial charge on any atom is -0.496 e. The van der Waals surface area contributed by atoms with E-state index in [0.717, 1.165) is 5.69 Å². The molecule has 1 aliphatic rings. The summed E-state index contributed by atoms with van der Waals surface area (Å²) in [6.45, 7) is 6.61. The Labute approximate surface area is 199 Å². The molecule has 1 N–H and O–H groups in total. The number of carbonyl (C=O) groups is 2. The van der Waals surface area contributed by atoms with Crippen molar-refractivity contribution in [2.24, 2.45) is 0 Å². The minimum absolute atomic E-state index is 0.202. The number of benzene rings is 3. The molecule has 1 aliphatic heterocycles. The third-order valence-electron chi connectivity index (χ3n) is 5.69. The van der Waals surface area contributed by atoms with Crippen molar-refractivity contribution in [3.05, 3.63) is 89.6 Å². The molecule has 4 rings (SSSR count). The summed E-state index contributed by atoms with van der Waals surface area (Å²) in [5.74, 6) is 0.625. The number of carbonyl (C=O) groups excluding carboxylic acids is 2. The molecule has 0 fully saturated rings. The van der Waals surface area contributed by atoms with Crippen molar-refractivity contribution in [1.82, 2.24) is 0 Å². The summed E-state index contributed by atoms with van der Waals surface area (Å²) < 4.78 is 11.1. The Balaban J connectivity index is 1.80. The van der Waals surface area contributed by atoms with Gasteiger partial charge in [0.2, 0.25) is 0 Å². The van der Waals surface area contributed by atoms with Gasteiger partial charge in [-0.25, -0.2) is 4.90 Å². The predicted molar refractivity (Wildman–Crippen MR) is 134 cm³/mol. The Morgan fingerprint density at radius 1 is 0.912 bits per heavy atom. The number of anilines is 2. The van der Waals surface area contributed by atoms with Crippen molar-refractivity contribution in [3.63, 3.8) is 0 Å². The number of hydrogen-bond acceptors (Lipinski definition) is 5. The van der Waals surface area contributed by atoms with Crippen LogP contribution in [0.5, 0.6) is 11.5 Å². The maximum atomic E-state index is 13.7. The van der Waals surface area contributed by atoms with Crippen LogP contribution in [0.15, 0.2) is 78.5 Å². The normalized spacial score (nSPS) is 13.6. The zero-order valence-electron chi connectivity index (χ0n) is 19.8. The van der Waals surface area contributed by atoms with Crippen LogP contribution < -0.4 is 19.7 Å². The molecule has 174 valence electrons. The van der Waals surface area contributed by atoms with E-state index in [0.29, 0.717) is 35.3 Å². The molecular weight excluding hydrogens is 428 g/mol. The largest absolute Gasteiger partial charge is 0.496 e. The van der Waals surface area contributed by atoms with Crippen LogP contribution in [-0.2, 0) is 9.59 Å². The lowest BCUT2D eigenvalue weighted by Crippen LogP contribution is -2.32. The van der Waals surface area contributed by atoms with E-state index in [4.69, 9.17) is 9.47 Å². The van der Waals surface area contributed by atoms with Crippen LogP contribution in [-0.4, -0.2) is 25.5 Å². The van der Waals surface area contributed by atoms with Crippen LogP contribution in [0.25, 0.3) is 5.57 Å². The highest BCUT2D eigenvalue weighted by Gasteiger charge is 2.41. The molecule has 2 amide bonds. The lowest BCUT2D eigenvalue weighted by Gasteiger charge is -2.17. The van der Waals surface area contributed by atoms with Crippen LogP contribution >= 0.6 is 0 Å². The second kappa shape index (κ2) is 9.83. The molecular formula is C28H28N2O4. The highest BCUT2D eigenvalue weighted by atomic mass is 16.5. The summed E-state index contributed by atoms with van der Waals surface area (Å²) in [5.41, 5.74) is 3.37. The number of hydrogen-bond donors (Lipinski definition) is 1. The Morgan fingerprint density at radius 2 is 1.65 bits per heavy atom. The fraction of sp³-hybridized carbons (Fsp3) is 0.214. The SMILES string of the molecule is CCOc1cccc(N2C(=O)C(Nc3ccc(C(C)C)cc3)=C(c3ccccc3OC)C2=O)c1. The van der Waals surface area contributed by atoms with Gasteiger partial charge in [0.1, 0.15) is 17.2 Å². The molecule has 0 atom stereocenters. The maximum absolute atomic E-state index is 13.7. The van der Waals surface area contributed by atoms with Crippen molar-refractivity contribution >= 4 is 28.8 Å². The van der Waals surface area contributed by atoms with E-state index in [-0.39, 0.29) is 11.3 Å². The quantitative estimate of drug-likeness (QED) is 0.446. The first-order valence-electron chi connectivity index (χ1n) is 11.3. The van der Waals surface area contributed by atoms with Gasteiger partial charge in [-0.1, -0.05) is 50.2 Å². The van der Waals surface area contributed by atoms with Gasteiger partial charge in [0, 0.05) is 17.3 Å². The summed E-state index contributed by atoms with van der Waals surface area (Å²) >= 11 is 0. The second-order valence-corrected chi connectivity index (χ2v) is 8.23. The third-order valence-corrected chi connectivity index (χ3v) is 5.69. The number of nitrogens with one attached hydrogen (secondary N) is 1. The van der Waals surface area contributed by atoms with Crippen molar-refractivity contribution in [2.45, 2.75) is 26.7 Å². The fourth-order valence-electron chi connectivity index (χ4n) is 3.96. The molecule has 6 nitrogen and oxygen atoms in total. The molecule has 0 saturated carbocycles. The highest BCUT2D eigenvalue weighted by molar-refractivity contribution is 6.46. The van der Waals surface area contributed by atoms with E-state index < -0.39 is 11.8 Å². The zero-order valence-corrected chi connectivity index (χ0v) is 19.8. The first-order valence-corrected chi connectivity index (χ1v) is 11.3. The number of rotatable bonds is 8. The molecule has 0 aliphatic carbocycles. The topological polar surface area (TPSA) is 67.9 Å². The van der Waals surface area contributed by atoms with Crippen LogP contribution in [0.2, 0.25) is 0 Å². The van der Waals surface area contributed by atoms with Crippen molar-refractivity contribution < 1.29 is 19.1 Å². The number of para-hydroxylation sites is 1. The van der Waals surface area contributed by atoms with Gasteiger partial charge in [-0.2, -0.15) is 0 Å². The van der Waals surface area contributed by atoms with E-state index in [2.05, 4.69) is 19.2 Å². The number of amides is 2. The van der Waals surface area contributed by atoms with Gasteiger partial charge >= 0.3 is 0 Å². The number of nitrogens with zero attached hydrogens (tertiary/aromatic N) is 1. The van der Waals surface area contributed by atoms with Gasteiger partial charge in [0.25, 0.3) is 11.8 Å². The van der Waals surface area contributed by atoms with Crippen LogP contribution in [0.1, 0.15) is 37.8 Å². The van der Waals surface area contributed by atoms with Crippen molar-refractivity contribution in [2.75, 3.05) is 23.9 Å². The van der Waals surface area contributed by atoms with E-state index in [9.17, 15) is 9.59 Å². The zero-order chi connectivity index (χ0) is 24.2. The standard InChI is InChI=1S/C28H28N2O4/c1-5-34-22-10-8-9-21(17-22)30-27(31)25(23-11-6-7-12-24(23)33-4)26(28(30)32)29-20-15-13-19(14-16-20)18(2)3/h6-18,29H,5H2,1-4H3. The predicted octanol–water partition coefficient (Wildman–Crippen LogP) is 5.61. The first kappa shape index (κ1) is 23.1. The van der Waals surface area contributed by atoms with Crippen LogP contribution in [0, 0.1) is 0 Å². The summed E-state index contributed by atoms with van der Waals surface area (Å²) in [6.07, 6.45) is 0. The van der Waals surface area contributed by atoms with Gasteiger partial charge < -0.3 is 14.8 Å². The summed E-state index contributed by atoms with van der Waals surface area (Å²) in [7, 11) is 1.54. The Bertz CT molecular complexity index is 1250. The van der Waals surface area contributed by atoms with E-state index in [1.54, 1.807) is 43.5 Å². The molecule has 0 unspecified atom stereocenters. The van der Waals surface area contributed by atoms with Gasteiger partial charge in [-0.15, -0.1) is 0 Å². The molecule has 0 saturated heterocycles. The monoisotopic (exact) mass is 456 g/mol. The highest BCUT2D eigenvalue weighted by Crippen LogP contribution is 2.38. The van der Waals surface area contributed by atoms with Gasteiger partial charge in [0.05, 0.1) is 25.0 Å². The smallest absolute Gasteiger partial charge is 0.282 e. The lowest BCUT2D eigenvalue weighted by atomic mass is 10.0. The Hall–Kier alpha value is -4.06. The first-order chi connectivity index (χ1) is 16.4. The van der Waals surface area contributed by atoms with Crippen LogP contribution in [0.4, 0.5) is 11.4 Å². The number of ether oxygens (including phenoxy) is 2. The van der Waals surface area contributed by atoms with Gasteiger partial charge in [0.15, 0.2) is 0 Å². The molecule has 34 heavy (non-hydrogen) atoms. The molecule has 0 radical (unpaired) electrons.